The molecule has 0 N–H and O–H groups in total. The van der Waals surface area contributed by atoms with Crippen LogP contribution in [-0.4, -0.2) is 23.6 Å². The number of rotatable bonds is 11. The first kappa shape index (κ1) is 19.9. The highest BCUT2D eigenvalue weighted by atomic mass is 32.2. The summed E-state index contributed by atoms with van der Waals surface area (Å²) in [6.07, 6.45) is 1.52. The van der Waals surface area contributed by atoms with Crippen LogP contribution in [0.3, 0.4) is 0 Å². The fourth-order valence-corrected chi connectivity index (χ4v) is 4.75. The lowest BCUT2D eigenvalue weighted by atomic mass is 10.2. The summed E-state index contributed by atoms with van der Waals surface area (Å²) in [6.45, 7) is 2.32. The highest BCUT2D eigenvalue weighted by Crippen LogP contribution is 2.26. The van der Waals surface area contributed by atoms with Crippen LogP contribution in [0.15, 0.2) is 60.7 Å². The van der Waals surface area contributed by atoms with Crippen LogP contribution in [0.4, 0.5) is 0 Å². The molecule has 2 nitrogen and oxygen atoms in total. The maximum atomic E-state index is 11.9. The normalized spacial score (nSPS) is 11.9. The lowest BCUT2D eigenvalue weighted by Gasteiger charge is -2.16. The van der Waals surface area contributed by atoms with Gasteiger partial charge in [0.15, 0.2) is 0 Å². The van der Waals surface area contributed by atoms with Gasteiger partial charge in [-0.05, 0) is 30.2 Å². The third kappa shape index (κ3) is 8.50. The molecule has 1 unspecified atom stereocenters. The first-order valence-electron chi connectivity index (χ1n) is 8.70. The Hall–Kier alpha value is -1.39. The summed E-state index contributed by atoms with van der Waals surface area (Å²) in [5.41, 5.74) is 2.66. The van der Waals surface area contributed by atoms with Gasteiger partial charge >= 0.3 is 5.97 Å². The zero-order valence-electron chi connectivity index (χ0n) is 14.7. The van der Waals surface area contributed by atoms with E-state index in [4.69, 9.17) is 4.74 Å². The average Bonchev–Trinajstić information content (AvgIpc) is 2.65. The minimum Gasteiger partial charge on any atom is -0.466 e. The summed E-state index contributed by atoms with van der Waals surface area (Å²) < 4.78 is 5.14. The second-order valence-corrected chi connectivity index (χ2v) is 8.15. The van der Waals surface area contributed by atoms with Crippen molar-refractivity contribution in [1.29, 1.82) is 0 Å². The molecular formula is C21H26O2S2. The fourth-order valence-electron chi connectivity index (χ4n) is 2.42. The van der Waals surface area contributed by atoms with Crippen molar-refractivity contribution in [2.24, 2.45) is 0 Å². The van der Waals surface area contributed by atoms with E-state index in [1.807, 2.05) is 42.6 Å². The van der Waals surface area contributed by atoms with Crippen molar-refractivity contribution in [2.75, 3.05) is 12.4 Å². The molecule has 0 spiro atoms. The van der Waals surface area contributed by atoms with E-state index in [0.29, 0.717) is 18.3 Å². The van der Waals surface area contributed by atoms with Gasteiger partial charge < -0.3 is 4.74 Å². The minimum atomic E-state index is -0.0823. The van der Waals surface area contributed by atoms with Crippen LogP contribution in [0.5, 0.6) is 0 Å². The Labute approximate surface area is 159 Å². The largest absolute Gasteiger partial charge is 0.466 e. The van der Waals surface area contributed by atoms with E-state index < -0.39 is 0 Å². The smallest absolute Gasteiger partial charge is 0.306 e. The number of carbonyl (C=O) groups excluding carboxylic acids is 1. The van der Waals surface area contributed by atoms with Gasteiger partial charge in [0.1, 0.15) is 0 Å². The lowest BCUT2D eigenvalue weighted by Crippen LogP contribution is -2.14. The van der Waals surface area contributed by atoms with E-state index in [2.05, 4.69) is 48.5 Å². The van der Waals surface area contributed by atoms with Crippen LogP contribution >= 0.6 is 23.5 Å². The molecule has 0 aliphatic carbocycles. The first-order chi connectivity index (χ1) is 12.3. The van der Waals surface area contributed by atoms with E-state index in [9.17, 15) is 4.79 Å². The molecule has 134 valence electrons. The van der Waals surface area contributed by atoms with Gasteiger partial charge in [0.25, 0.3) is 0 Å². The average molecular weight is 375 g/mol. The Bertz CT molecular complexity index is 602. The molecule has 0 aromatic heterocycles. The van der Waals surface area contributed by atoms with Crippen molar-refractivity contribution in [1.82, 2.24) is 0 Å². The van der Waals surface area contributed by atoms with E-state index in [0.717, 1.165) is 23.7 Å². The van der Waals surface area contributed by atoms with Gasteiger partial charge in [-0.1, -0.05) is 60.7 Å². The van der Waals surface area contributed by atoms with E-state index in [-0.39, 0.29) is 5.97 Å². The topological polar surface area (TPSA) is 26.3 Å². The number of hydrogen-bond donors (Lipinski definition) is 0. The third-order valence-electron chi connectivity index (χ3n) is 3.72. The molecule has 0 aliphatic rings. The summed E-state index contributed by atoms with van der Waals surface area (Å²) in [5.74, 6) is 2.94. The zero-order valence-corrected chi connectivity index (χ0v) is 16.4. The molecule has 0 bridgehead atoms. The van der Waals surface area contributed by atoms with Gasteiger partial charge in [0.2, 0.25) is 0 Å². The Balaban J connectivity index is 1.77. The van der Waals surface area contributed by atoms with Gasteiger partial charge in [-0.3, -0.25) is 4.79 Å². The molecule has 0 aliphatic heterocycles. The number of hydrogen-bond acceptors (Lipinski definition) is 4. The zero-order chi connectivity index (χ0) is 17.7. The monoisotopic (exact) mass is 374 g/mol. The molecule has 0 saturated carbocycles. The van der Waals surface area contributed by atoms with E-state index >= 15 is 0 Å². The SMILES string of the molecule is CCOC(=O)CC(CCSCc1ccccc1)SCc1ccccc1. The number of ether oxygens (including phenoxy) is 1. The highest BCUT2D eigenvalue weighted by molar-refractivity contribution is 7.99. The van der Waals surface area contributed by atoms with Gasteiger partial charge in [0, 0.05) is 16.8 Å². The van der Waals surface area contributed by atoms with Crippen molar-refractivity contribution in [3.8, 4) is 0 Å². The summed E-state index contributed by atoms with van der Waals surface area (Å²) in [4.78, 5) is 11.9. The Morgan fingerprint density at radius 3 is 2.16 bits per heavy atom. The molecule has 2 rings (SSSR count). The van der Waals surface area contributed by atoms with Gasteiger partial charge in [-0.15, -0.1) is 0 Å². The van der Waals surface area contributed by atoms with Crippen molar-refractivity contribution in [3.63, 3.8) is 0 Å². The predicted octanol–water partition coefficient (Wildman–Crippen LogP) is 5.57. The molecule has 0 heterocycles. The predicted molar refractivity (Wildman–Crippen MR) is 110 cm³/mol. The third-order valence-corrected chi connectivity index (χ3v) is 6.16. The van der Waals surface area contributed by atoms with Gasteiger partial charge in [-0.25, -0.2) is 0 Å². The molecule has 2 aromatic carbocycles. The maximum Gasteiger partial charge on any atom is 0.306 e. The lowest BCUT2D eigenvalue weighted by molar-refractivity contribution is -0.143. The Kier molecular flexibility index (Phi) is 9.60. The van der Waals surface area contributed by atoms with Crippen LogP contribution in [0.1, 0.15) is 30.9 Å². The first-order valence-corrected chi connectivity index (χ1v) is 10.9. The van der Waals surface area contributed by atoms with Crippen LogP contribution in [0, 0.1) is 0 Å². The van der Waals surface area contributed by atoms with Crippen molar-refractivity contribution in [3.05, 3.63) is 71.8 Å². The highest BCUT2D eigenvalue weighted by Gasteiger charge is 2.15. The van der Waals surface area contributed by atoms with Crippen LogP contribution in [0.25, 0.3) is 0 Å². The molecule has 4 heteroatoms. The van der Waals surface area contributed by atoms with Gasteiger partial charge in [-0.2, -0.15) is 23.5 Å². The summed E-state index contributed by atoms with van der Waals surface area (Å²) in [5, 5.41) is 0.308. The summed E-state index contributed by atoms with van der Waals surface area (Å²) in [7, 11) is 0. The Morgan fingerprint density at radius 2 is 1.56 bits per heavy atom. The van der Waals surface area contributed by atoms with E-state index in [1.165, 1.54) is 11.1 Å². The molecule has 1 atom stereocenters. The van der Waals surface area contributed by atoms with Crippen molar-refractivity contribution < 1.29 is 9.53 Å². The summed E-state index contributed by atoms with van der Waals surface area (Å²) in [6, 6.07) is 21.0. The molecule has 2 aromatic rings. The number of benzene rings is 2. The van der Waals surface area contributed by atoms with Crippen LogP contribution < -0.4 is 0 Å². The number of esters is 1. The Morgan fingerprint density at radius 1 is 0.960 bits per heavy atom. The van der Waals surface area contributed by atoms with Crippen LogP contribution in [0.2, 0.25) is 0 Å². The fraction of sp³-hybridized carbons (Fsp3) is 0.381. The molecular weight excluding hydrogens is 348 g/mol. The second kappa shape index (κ2) is 12.0. The maximum absolute atomic E-state index is 11.9. The second-order valence-electron chi connectivity index (χ2n) is 5.75. The quantitative estimate of drug-likeness (QED) is 0.380. The molecule has 0 amide bonds. The molecule has 0 fully saturated rings. The van der Waals surface area contributed by atoms with Crippen molar-refractivity contribution in [2.45, 2.75) is 36.5 Å². The number of thioether (sulfide) groups is 2. The van der Waals surface area contributed by atoms with Crippen LogP contribution in [-0.2, 0) is 21.0 Å². The standard InChI is InChI=1S/C21H26O2S2/c1-2-23-21(22)15-20(25-17-19-11-7-4-8-12-19)13-14-24-16-18-9-5-3-6-10-18/h3-12,20H,2,13-17H2,1H3. The molecule has 0 radical (unpaired) electrons. The summed E-state index contributed by atoms with van der Waals surface area (Å²) >= 11 is 3.79. The van der Waals surface area contributed by atoms with Crippen molar-refractivity contribution >= 4 is 29.5 Å². The van der Waals surface area contributed by atoms with E-state index in [1.54, 1.807) is 0 Å². The van der Waals surface area contributed by atoms with Gasteiger partial charge in [0.05, 0.1) is 13.0 Å². The molecule has 25 heavy (non-hydrogen) atoms. The molecule has 0 saturated heterocycles. The number of carbonyl (C=O) groups is 1. The minimum absolute atomic E-state index is 0.0823.